The fourth-order valence-electron chi connectivity index (χ4n) is 1.41. The van der Waals surface area contributed by atoms with Crippen molar-refractivity contribution >= 4 is 11.4 Å². The third-order valence-corrected chi connectivity index (χ3v) is 2.29. The van der Waals surface area contributed by atoms with Gasteiger partial charge in [0, 0.05) is 0 Å². The first-order chi connectivity index (χ1) is 8.04. The van der Waals surface area contributed by atoms with E-state index >= 15 is 0 Å². The van der Waals surface area contributed by atoms with Crippen LogP contribution in [0.15, 0.2) is 30.9 Å². The fraction of sp³-hybridized carbons (Fsp3) is 0.182. The van der Waals surface area contributed by atoms with Crippen molar-refractivity contribution in [3.8, 4) is 5.75 Å². The van der Waals surface area contributed by atoms with E-state index in [4.69, 9.17) is 9.15 Å². The van der Waals surface area contributed by atoms with Crippen molar-refractivity contribution in [1.82, 2.24) is 0 Å². The van der Waals surface area contributed by atoms with Gasteiger partial charge in [-0.25, -0.2) is 4.79 Å². The Kier molecular flexibility index (Phi) is 2.55. The molecule has 0 aliphatic rings. The van der Waals surface area contributed by atoms with Crippen molar-refractivity contribution in [2.24, 2.45) is 0 Å². The summed E-state index contributed by atoms with van der Waals surface area (Å²) < 4.78 is 9.56. The molecule has 2 aromatic rings. The van der Waals surface area contributed by atoms with Crippen molar-refractivity contribution in [2.45, 2.75) is 6.92 Å². The lowest BCUT2D eigenvalue weighted by Crippen LogP contribution is -2.35. The second-order valence-corrected chi connectivity index (χ2v) is 3.44. The van der Waals surface area contributed by atoms with E-state index in [2.05, 4.69) is 5.32 Å². The third-order valence-electron chi connectivity index (χ3n) is 2.29. The zero-order valence-electron chi connectivity index (χ0n) is 9.20. The van der Waals surface area contributed by atoms with E-state index in [1.807, 2.05) is 0 Å². The maximum atomic E-state index is 11.4. The predicted molar refractivity (Wildman–Crippen MR) is 60.9 cm³/mol. The van der Waals surface area contributed by atoms with Gasteiger partial charge in [-0.15, -0.1) is 0 Å². The van der Waals surface area contributed by atoms with Crippen LogP contribution in [-0.4, -0.2) is 7.11 Å². The summed E-state index contributed by atoms with van der Waals surface area (Å²) in [7, 11) is 1.28. The summed E-state index contributed by atoms with van der Waals surface area (Å²) in [4.78, 5) is 33.7. The first-order valence-electron chi connectivity index (χ1n) is 4.79. The van der Waals surface area contributed by atoms with E-state index in [0.29, 0.717) is 5.76 Å². The van der Waals surface area contributed by atoms with Gasteiger partial charge in [0.2, 0.25) is 0 Å². The number of rotatable bonds is 3. The lowest BCUT2D eigenvalue weighted by atomic mass is 10.2. The molecule has 0 spiro atoms. The monoisotopic (exact) mass is 235 g/mol. The average molecular weight is 235 g/mol. The third kappa shape index (κ3) is 1.73. The number of methoxy groups -OCH3 is 1. The normalized spacial score (nSPS) is 10.5. The molecule has 0 saturated heterocycles. The van der Waals surface area contributed by atoms with Gasteiger partial charge in [0.1, 0.15) is 17.1 Å². The second-order valence-electron chi connectivity index (χ2n) is 3.44. The first-order valence-corrected chi connectivity index (χ1v) is 4.79. The minimum absolute atomic E-state index is 0.0198. The van der Waals surface area contributed by atoms with Crippen molar-refractivity contribution in [1.29, 1.82) is 0 Å². The van der Waals surface area contributed by atoms with E-state index in [9.17, 15) is 14.4 Å². The fourth-order valence-corrected chi connectivity index (χ4v) is 1.41. The SMILES string of the molecule is COc1c(Nc2ccc(C)oc2=O)c(=O)c1=O. The highest BCUT2D eigenvalue weighted by Crippen LogP contribution is 2.20. The molecule has 0 radical (unpaired) electrons. The van der Waals surface area contributed by atoms with Gasteiger partial charge in [-0.3, -0.25) is 9.59 Å². The molecular formula is C11H9NO5. The van der Waals surface area contributed by atoms with Crippen molar-refractivity contribution < 1.29 is 9.15 Å². The molecule has 17 heavy (non-hydrogen) atoms. The Labute approximate surface area is 95.2 Å². The molecule has 0 saturated carbocycles. The molecule has 1 heterocycles. The van der Waals surface area contributed by atoms with Gasteiger partial charge in [-0.2, -0.15) is 0 Å². The maximum absolute atomic E-state index is 11.4. The Hall–Kier alpha value is -2.37. The molecule has 1 N–H and O–H groups in total. The molecule has 1 aromatic heterocycles. The van der Waals surface area contributed by atoms with Gasteiger partial charge >= 0.3 is 5.63 Å². The van der Waals surface area contributed by atoms with E-state index in [1.54, 1.807) is 13.0 Å². The van der Waals surface area contributed by atoms with Crippen LogP contribution in [0.2, 0.25) is 0 Å². The van der Waals surface area contributed by atoms with Crippen LogP contribution in [0.25, 0.3) is 0 Å². The standard InChI is InChI=1S/C11H9NO5/c1-5-3-4-6(11(15)17-5)12-7-8(13)9(14)10(7)16-2/h3-4,12H,1-2H3. The van der Waals surface area contributed by atoms with Crippen LogP contribution in [0.5, 0.6) is 5.75 Å². The minimum atomic E-state index is -0.707. The molecule has 6 nitrogen and oxygen atoms in total. The highest BCUT2D eigenvalue weighted by atomic mass is 16.5. The molecule has 6 heteroatoms. The van der Waals surface area contributed by atoms with Gasteiger partial charge in [0.25, 0.3) is 10.9 Å². The molecule has 0 bridgehead atoms. The Balaban J connectivity index is 2.39. The van der Waals surface area contributed by atoms with Crippen LogP contribution < -0.4 is 26.5 Å². The summed E-state index contributed by atoms with van der Waals surface area (Å²) in [6.45, 7) is 1.63. The van der Waals surface area contributed by atoms with Crippen LogP contribution in [0.3, 0.4) is 0 Å². The Morgan fingerprint density at radius 1 is 1.18 bits per heavy atom. The summed E-state index contributed by atoms with van der Waals surface area (Å²) >= 11 is 0. The van der Waals surface area contributed by atoms with Crippen LogP contribution in [0.4, 0.5) is 11.4 Å². The number of nitrogens with one attached hydrogen (secondary N) is 1. The summed E-state index contributed by atoms with van der Waals surface area (Å²) in [6, 6.07) is 3.04. The molecule has 2 rings (SSSR count). The summed E-state index contributed by atoms with van der Waals surface area (Å²) in [5, 5.41) is 2.53. The molecule has 0 atom stereocenters. The van der Waals surface area contributed by atoms with Gasteiger partial charge < -0.3 is 14.5 Å². The van der Waals surface area contributed by atoms with E-state index < -0.39 is 16.5 Å². The molecule has 1 aromatic carbocycles. The largest absolute Gasteiger partial charge is 0.491 e. The number of aryl methyl sites for hydroxylation is 1. The maximum Gasteiger partial charge on any atom is 0.359 e. The summed E-state index contributed by atoms with van der Waals surface area (Å²) in [6.07, 6.45) is 0. The molecule has 0 fully saturated rings. The van der Waals surface area contributed by atoms with Crippen LogP contribution in [-0.2, 0) is 0 Å². The molecule has 0 amide bonds. The quantitative estimate of drug-likeness (QED) is 0.770. The number of hydrogen-bond donors (Lipinski definition) is 1. The molecular weight excluding hydrogens is 226 g/mol. The van der Waals surface area contributed by atoms with Crippen molar-refractivity contribution in [3.63, 3.8) is 0 Å². The molecule has 0 aliphatic carbocycles. The highest BCUT2D eigenvalue weighted by molar-refractivity contribution is 5.69. The number of anilines is 2. The number of ether oxygens (including phenoxy) is 1. The van der Waals surface area contributed by atoms with Crippen molar-refractivity contribution in [2.75, 3.05) is 12.4 Å². The van der Waals surface area contributed by atoms with Crippen LogP contribution in [0, 0.1) is 6.92 Å². The van der Waals surface area contributed by atoms with Gasteiger partial charge in [-0.05, 0) is 19.1 Å². The summed E-state index contributed by atoms with van der Waals surface area (Å²) in [5.74, 6) is 0.382. The molecule has 88 valence electrons. The van der Waals surface area contributed by atoms with Crippen molar-refractivity contribution in [3.05, 3.63) is 48.8 Å². The van der Waals surface area contributed by atoms with Gasteiger partial charge in [0.15, 0.2) is 5.75 Å². The van der Waals surface area contributed by atoms with E-state index in [-0.39, 0.29) is 17.1 Å². The summed E-state index contributed by atoms with van der Waals surface area (Å²) in [5.41, 5.74) is -1.96. The zero-order valence-corrected chi connectivity index (χ0v) is 9.20. The first kappa shape index (κ1) is 11.1. The highest BCUT2D eigenvalue weighted by Gasteiger charge is 2.22. The molecule has 0 aliphatic heterocycles. The molecule has 0 unspecified atom stereocenters. The Bertz CT molecular complexity index is 690. The van der Waals surface area contributed by atoms with Crippen LogP contribution in [0.1, 0.15) is 5.76 Å². The van der Waals surface area contributed by atoms with E-state index in [0.717, 1.165) is 0 Å². The Morgan fingerprint density at radius 2 is 1.88 bits per heavy atom. The number of hydrogen-bond acceptors (Lipinski definition) is 6. The van der Waals surface area contributed by atoms with Gasteiger partial charge in [-0.1, -0.05) is 0 Å². The Morgan fingerprint density at radius 3 is 2.47 bits per heavy atom. The van der Waals surface area contributed by atoms with E-state index in [1.165, 1.54) is 13.2 Å². The zero-order chi connectivity index (χ0) is 12.6. The smallest absolute Gasteiger partial charge is 0.359 e. The topological polar surface area (TPSA) is 85.6 Å². The predicted octanol–water partition coefficient (Wildman–Crippen LogP) is 0.296. The minimum Gasteiger partial charge on any atom is -0.491 e. The lowest BCUT2D eigenvalue weighted by molar-refractivity contribution is 0.408. The van der Waals surface area contributed by atoms with Crippen LogP contribution >= 0.6 is 0 Å². The lowest BCUT2D eigenvalue weighted by Gasteiger charge is -2.10. The average Bonchev–Trinajstić information content (AvgIpc) is 2.30. The second kappa shape index (κ2) is 3.89. The van der Waals surface area contributed by atoms with Gasteiger partial charge in [0.05, 0.1) is 7.11 Å².